The van der Waals surface area contributed by atoms with E-state index in [-0.39, 0.29) is 34.0 Å². The minimum absolute atomic E-state index is 0.00972. The number of hydrogen-bond donors (Lipinski definition) is 0. The molecule has 1 spiro atoms. The first kappa shape index (κ1) is 19.1. The van der Waals surface area contributed by atoms with Crippen LogP contribution < -0.4 is 4.74 Å². The van der Waals surface area contributed by atoms with E-state index < -0.39 is 5.79 Å². The zero-order valence-electron chi connectivity index (χ0n) is 18.3. The molecule has 6 atom stereocenters. The Hall–Kier alpha value is -1.65. The molecule has 0 aromatic heterocycles. The Labute approximate surface area is 179 Å². The maximum absolute atomic E-state index is 14.0. The third-order valence-corrected chi connectivity index (χ3v) is 9.68. The topological polar surface area (TPSA) is 44.8 Å². The molecule has 160 valence electrons. The molecule has 4 nitrogen and oxygen atoms in total. The average Bonchev–Trinajstić information content (AvgIpc) is 3.38. The second-order valence-corrected chi connectivity index (χ2v) is 10.5. The molecule has 4 fully saturated rings. The Morgan fingerprint density at radius 1 is 1.03 bits per heavy atom. The maximum Gasteiger partial charge on any atom is 0.173 e. The summed E-state index contributed by atoms with van der Waals surface area (Å²) < 4.78 is 18.3. The van der Waals surface area contributed by atoms with Gasteiger partial charge in [-0.05, 0) is 36.0 Å². The number of carbonyl (C=O) groups is 1. The molecule has 1 saturated heterocycles. The van der Waals surface area contributed by atoms with Crippen molar-refractivity contribution in [2.75, 3.05) is 20.3 Å². The number of rotatable bonds is 2. The van der Waals surface area contributed by atoms with E-state index >= 15 is 0 Å². The van der Waals surface area contributed by atoms with Crippen LogP contribution in [0.2, 0.25) is 0 Å². The van der Waals surface area contributed by atoms with Gasteiger partial charge in [-0.25, -0.2) is 0 Å². The number of ketones is 1. The van der Waals surface area contributed by atoms with Crippen LogP contribution in [0.1, 0.15) is 51.5 Å². The monoisotopic (exact) mass is 408 g/mol. The third kappa shape index (κ3) is 1.90. The van der Waals surface area contributed by atoms with Crippen molar-refractivity contribution >= 4 is 5.78 Å². The van der Waals surface area contributed by atoms with Crippen LogP contribution in [0.4, 0.5) is 0 Å². The highest BCUT2D eigenvalue weighted by atomic mass is 16.7. The number of Topliss-reactive ketones (excluding diaryl/α,β-unsaturated/α-hetero) is 1. The van der Waals surface area contributed by atoms with E-state index in [1.54, 1.807) is 7.11 Å². The molecule has 4 heteroatoms. The maximum atomic E-state index is 14.0. The lowest BCUT2D eigenvalue weighted by Crippen LogP contribution is -2.58. The van der Waals surface area contributed by atoms with Gasteiger partial charge in [-0.2, -0.15) is 0 Å². The number of hydrogen-bond acceptors (Lipinski definition) is 4. The van der Waals surface area contributed by atoms with E-state index in [1.165, 1.54) is 18.4 Å². The van der Waals surface area contributed by atoms with Gasteiger partial charge in [-0.3, -0.25) is 4.79 Å². The summed E-state index contributed by atoms with van der Waals surface area (Å²) in [7, 11) is 1.70. The molecule has 1 aliphatic heterocycles. The van der Waals surface area contributed by atoms with Crippen molar-refractivity contribution in [1.29, 1.82) is 0 Å². The number of carbonyl (C=O) groups excluding carboxylic acids is 1. The highest BCUT2D eigenvalue weighted by molar-refractivity contribution is 5.89. The lowest BCUT2D eigenvalue weighted by atomic mass is 9.52. The molecule has 1 aromatic rings. The minimum atomic E-state index is -0.616. The summed E-state index contributed by atoms with van der Waals surface area (Å²) in [6.07, 6.45) is 10.3. The molecule has 0 amide bonds. The summed E-state index contributed by atoms with van der Waals surface area (Å²) in [6, 6.07) is 8.48. The van der Waals surface area contributed by atoms with Gasteiger partial charge in [-0.1, -0.05) is 51.0 Å². The average molecular weight is 409 g/mol. The second-order valence-electron chi connectivity index (χ2n) is 10.5. The predicted molar refractivity (Wildman–Crippen MR) is 113 cm³/mol. The quantitative estimate of drug-likeness (QED) is 0.667. The molecule has 2 bridgehead atoms. The summed E-state index contributed by atoms with van der Waals surface area (Å²) in [5, 5.41) is 0. The molecular weight excluding hydrogens is 376 g/mol. The van der Waals surface area contributed by atoms with Gasteiger partial charge in [0.05, 0.1) is 20.3 Å². The van der Waals surface area contributed by atoms with E-state index in [4.69, 9.17) is 14.2 Å². The van der Waals surface area contributed by atoms with Crippen LogP contribution in [0.3, 0.4) is 0 Å². The Balaban J connectivity index is 1.62. The smallest absolute Gasteiger partial charge is 0.173 e. The van der Waals surface area contributed by atoms with Crippen molar-refractivity contribution in [2.24, 2.45) is 28.6 Å². The zero-order chi connectivity index (χ0) is 20.8. The molecule has 0 unspecified atom stereocenters. The predicted octanol–water partition coefficient (Wildman–Crippen LogP) is 4.67. The van der Waals surface area contributed by atoms with Crippen LogP contribution in [0.15, 0.2) is 36.4 Å². The van der Waals surface area contributed by atoms with Crippen LogP contribution in [-0.4, -0.2) is 31.9 Å². The number of ether oxygens (including phenoxy) is 3. The van der Waals surface area contributed by atoms with Gasteiger partial charge in [0.2, 0.25) is 0 Å². The normalized spacial score (nSPS) is 45.6. The molecule has 30 heavy (non-hydrogen) atoms. The largest absolute Gasteiger partial charge is 0.497 e. The molecule has 6 rings (SSSR count). The SMILES string of the molecule is COc1ccc([C@@]23C=C[C@@]4(CCCC[C@@]42C)[C@@H]2[C@H]3C(=O)[C@@H](C)CC23OCCO3)cc1. The Morgan fingerprint density at radius 2 is 1.73 bits per heavy atom. The van der Waals surface area contributed by atoms with Gasteiger partial charge in [0, 0.05) is 35.0 Å². The first-order chi connectivity index (χ1) is 14.4. The lowest BCUT2D eigenvalue weighted by molar-refractivity contribution is -0.248. The van der Waals surface area contributed by atoms with E-state index in [0.29, 0.717) is 25.4 Å². The number of benzene rings is 1. The van der Waals surface area contributed by atoms with Crippen LogP contribution in [0, 0.1) is 28.6 Å². The van der Waals surface area contributed by atoms with Crippen molar-refractivity contribution in [3.05, 3.63) is 42.0 Å². The zero-order valence-corrected chi connectivity index (χ0v) is 18.3. The first-order valence-corrected chi connectivity index (χ1v) is 11.6. The van der Waals surface area contributed by atoms with Crippen molar-refractivity contribution in [3.63, 3.8) is 0 Å². The lowest BCUT2D eigenvalue weighted by Gasteiger charge is -2.53. The number of fused-ring (bicyclic) bond motifs is 3. The van der Waals surface area contributed by atoms with Crippen molar-refractivity contribution in [3.8, 4) is 5.75 Å². The summed E-state index contributed by atoms with van der Waals surface area (Å²) in [5.41, 5.74) is 0.882. The van der Waals surface area contributed by atoms with Crippen LogP contribution in [0.25, 0.3) is 0 Å². The summed E-state index contributed by atoms with van der Waals surface area (Å²) in [4.78, 5) is 14.0. The van der Waals surface area contributed by atoms with Gasteiger partial charge >= 0.3 is 0 Å². The molecule has 3 saturated carbocycles. The highest BCUT2D eigenvalue weighted by Crippen LogP contribution is 2.81. The molecule has 1 heterocycles. The Kier molecular flexibility index (Phi) is 3.80. The van der Waals surface area contributed by atoms with Gasteiger partial charge in [0.25, 0.3) is 0 Å². The van der Waals surface area contributed by atoms with Crippen LogP contribution in [0.5, 0.6) is 5.75 Å². The fraction of sp³-hybridized carbons (Fsp3) is 0.654. The van der Waals surface area contributed by atoms with E-state index in [1.807, 2.05) is 12.1 Å². The van der Waals surface area contributed by atoms with Gasteiger partial charge in [0.15, 0.2) is 5.79 Å². The minimum Gasteiger partial charge on any atom is -0.497 e. The van der Waals surface area contributed by atoms with Gasteiger partial charge in [-0.15, -0.1) is 0 Å². The molecule has 0 radical (unpaired) electrons. The fourth-order valence-corrected chi connectivity index (χ4v) is 8.56. The summed E-state index contributed by atoms with van der Waals surface area (Å²) >= 11 is 0. The van der Waals surface area contributed by atoms with E-state index in [2.05, 4.69) is 38.1 Å². The molecular formula is C26H32O4. The molecule has 4 aliphatic carbocycles. The van der Waals surface area contributed by atoms with Crippen molar-refractivity contribution in [2.45, 2.75) is 57.2 Å². The number of methoxy groups -OCH3 is 1. The standard InChI is InChI=1S/C26H32O4/c1-17-16-26(29-14-15-30-26)22-20(21(17)27)25(18-6-8-19(28-3)9-7-18)13-12-24(22)11-5-4-10-23(24,25)2/h6-9,12-13,17,20,22H,4-5,10-11,14-16H2,1-3H3/t17-,20+,22-,23-,24-,25+/m0/s1. The molecule has 5 aliphatic rings. The summed E-state index contributed by atoms with van der Waals surface area (Å²) in [6.45, 7) is 5.80. The summed E-state index contributed by atoms with van der Waals surface area (Å²) in [5.74, 6) is 0.591. The first-order valence-electron chi connectivity index (χ1n) is 11.6. The highest BCUT2D eigenvalue weighted by Gasteiger charge is 2.82. The van der Waals surface area contributed by atoms with Gasteiger partial charge < -0.3 is 14.2 Å². The second kappa shape index (κ2) is 5.98. The molecule has 1 aromatic carbocycles. The Bertz CT molecular complexity index is 913. The molecule has 0 N–H and O–H groups in total. The third-order valence-electron chi connectivity index (χ3n) is 9.68. The Morgan fingerprint density at radius 3 is 2.43 bits per heavy atom. The van der Waals surface area contributed by atoms with E-state index in [9.17, 15) is 4.79 Å². The van der Waals surface area contributed by atoms with Crippen LogP contribution in [-0.2, 0) is 19.7 Å². The number of allylic oxidation sites excluding steroid dienone is 2. The van der Waals surface area contributed by atoms with Gasteiger partial charge in [0.1, 0.15) is 11.5 Å². The fourth-order valence-electron chi connectivity index (χ4n) is 8.56. The van der Waals surface area contributed by atoms with E-state index in [0.717, 1.165) is 18.6 Å². The van der Waals surface area contributed by atoms with Crippen molar-refractivity contribution in [1.82, 2.24) is 0 Å². The van der Waals surface area contributed by atoms with Crippen LogP contribution >= 0.6 is 0 Å². The van der Waals surface area contributed by atoms with Crippen molar-refractivity contribution < 1.29 is 19.0 Å².